The molecular weight excluding hydrogens is 1590 g/mol. The van der Waals surface area contributed by atoms with Crippen molar-refractivity contribution in [2.75, 3.05) is 42.6 Å². The molecular formula is C105H92N22O. The molecule has 128 heavy (non-hydrogen) atoms. The number of nitrogens with two attached hydrogens (primary N) is 5. The van der Waals surface area contributed by atoms with E-state index in [-0.39, 0.29) is 17.9 Å². The summed E-state index contributed by atoms with van der Waals surface area (Å²) in [5.74, 6) is 3.22. The summed E-state index contributed by atoms with van der Waals surface area (Å²) in [5.41, 5.74) is 54.8. The Kier molecular flexibility index (Phi) is 20.4. The first kappa shape index (κ1) is 78.5. The second-order valence-electron chi connectivity index (χ2n) is 34.7. The standard InChI is InChI=1S/C29H28N6.C26H22N6O.2C25H21N5/c30-28-27-24(17-35(29(27)32-18-31-28)23-13-19(14-23)16-34-11-4-12-34)22-8-7-21-9-10-25(33-26(21)15-22)20-5-2-1-3-6-20;27-24-23-20(13-32(26(23)30-14-29-24)19-10-18(11-19)25(28)33)17-7-6-16-8-9-21(31-22(16)12-17)15-4-2-1-3-5-15;26-24-23-20(14-30(19-7-4-8-19)25(23)28-15-27-24)18-10-9-17-11-12-21(29-22(17)13-18)16-5-2-1-3-6-16;26-24-23-20(14-30(13-16-6-7-16)25(23)28-15-27-24)19-9-8-18-10-11-21(29-22(18)12-19)17-4-2-1-3-5-17/h1-3,5-10,15,17-19,23H,4,11-14,16H2,(H2,30,31,32);1-9,12-14,18-19H,10-11H2,(H2,28,33)(H2,27,29,30);1-3,5-6,9-15,19H,4,7-8H2,(H2,26,27,28);1-5,8-12,14-16H,6-7,13H2,(H2,26,27,28). The summed E-state index contributed by atoms with van der Waals surface area (Å²) in [6.07, 6.45) is 26.3. The average Bonchev–Trinajstić information content (AvgIpc) is 1.60. The van der Waals surface area contributed by atoms with E-state index in [0.717, 1.165) is 196 Å². The van der Waals surface area contributed by atoms with Crippen LogP contribution in [0.15, 0.2) is 293 Å². The van der Waals surface area contributed by atoms with Crippen LogP contribution in [0.5, 0.6) is 0 Å². The van der Waals surface area contributed by atoms with Gasteiger partial charge in [0.2, 0.25) is 5.91 Å². The highest BCUT2D eigenvalue weighted by Crippen LogP contribution is 2.48. The Balaban J connectivity index is 0.000000101. The van der Waals surface area contributed by atoms with Crippen LogP contribution in [0.4, 0.5) is 23.3 Å². The van der Waals surface area contributed by atoms with Gasteiger partial charge in [0.05, 0.1) is 66.4 Å². The number of fused-ring (bicyclic) bond motifs is 8. The molecule has 0 unspecified atom stereocenters. The molecule has 0 spiro atoms. The summed E-state index contributed by atoms with van der Waals surface area (Å²) >= 11 is 0. The van der Waals surface area contributed by atoms with Crippen LogP contribution in [0.2, 0.25) is 0 Å². The molecule has 1 aliphatic heterocycles. The Hall–Kier alpha value is -15.5. The smallest absolute Gasteiger partial charge is 0.220 e. The highest BCUT2D eigenvalue weighted by atomic mass is 16.1. The van der Waals surface area contributed by atoms with E-state index >= 15 is 0 Å². The SMILES string of the molecule is NC(=O)C1CC(n2cc(-c3ccc4ccc(-c5ccccc5)nc4c3)c3c(N)ncnc32)C1.Nc1ncnc2c1c(-c1ccc3ccc(-c4ccccc4)nc3c1)cn2C1CC(CN2CCC2)C1.Nc1ncnc2c1c(-c1ccc3ccc(-c4ccccc4)nc3c1)cn2C1CCC1.Nc1ncnc2c1c(-c1ccc3ccc(-c4ccccc4)nc3c1)cn2CC1CC1. The molecule has 0 atom stereocenters. The first-order valence-electron chi connectivity index (χ1n) is 44.2. The summed E-state index contributed by atoms with van der Waals surface area (Å²) in [6.45, 7) is 4.75. The molecule has 23 heteroatoms. The zero-order chi connectivity index (χ0) is 86.0. The second-order valence-corrected chi connectivity index (χ2v) is 34.7. The van der Waals surface area contributed by atoms with Crippen LogP contribution in [0.3, 0.4) is 0 Å². The van der Waals surface area contributed by atoms with E-state index in [2.05, 4.69) is 252 Å². The van der Waals surface area contributed by atoms with E-state index in [4.69, 9.17) is 48.6 Å². The van der Waals surface area contributed by atoms with Gasteiger partial charge in [0.1, 0.15) is 71.2 Å². The van der Waals surface area contributed by atoms with Crippen molar-refractivity contribution >= 4 is 117 Å². The van der Waals surface area contributed by atoms with Crippen molar-refractivity contribution in [3.05, 3.63) is 293 Å². The number of carbonyl (C=O) groups is 1. The van der Waals surface area contributed by atoms with Crippen LogP contribution in [-0.4, -0.2) is 109 Å². The third kappa shape index (κ3) is 15.2. The van der Waals surface area contributed by atoms with E-state index in [0.29, 0.717) is 48.2 Å². The maximum atomic E-state index is 11.5. The van der Waals surface area contributed by atoms with Crippen LogP contribution in [0.25, 0.3) is 177 Å². The molecule has 0 radical (unpaired) electrons. The molecule has 628 valence electrons. The third-order valence-electron chi connectivity index (χ3n) is 26.5. The lowest BCUT2D eigenvalue weighted by Crippen LogP contribution is -2.43. The van der Waals surface area contributed by atoms with Crippen molar-refractivity contribution in [3.63, 3.8) is 0 Å². The van der Waals surface area contributed by atoms with Crippen molar-refractivity contribution < 1.29 is 4.79 Å². The quantitative estimate of drug-likeness (QED) is 0.0600. The number of nitrogens with zero attached hydrogens (tertiary/aromatic N) is 17. The van der Waals surface area contributed by atoms with Crippen LogP contribution < -0.4 is 28.7 Å². The highest BCUT2D eigenvalue weighted by Gasteiger charge is 2.38. The van der Waals surface area contributed by atoms with Crippen LogP contribution >= 0.6 is 0 Å². The lowest BCUT2D eigenvalue weighted by molar-refractivity contribution is -0.125. The molecule has 25 rings (SSSR count). The number of carbonyl (C=O) groups excluding carboxylic acids is 1. The average molecular weight is 1680 g/mol. The van der Waals surface area contributed by atoms with E-state index in [1.54, 1.807) is 19.0 Å². The first-order chi connectivity index (χ1) is 62.8. The van der Waals surface area contributed by atoms with Gasteiger partial charge in [-0.1, -0.05) is 194 Å². The number of pyridine rings is 4. The summed E-state index contributed by atoms with van der Waals surface area (Å²) in [5, 5.41) is 8.04. The van der Waals surface area contributed by atoms with Crippen LogP contribution in [0, 0.1) is 17.8 Å². The Morgan fingerprint density at radius 3 is 0.953 bits per heavy atom. The van der Waals surface area contributed by atoms with E-state index in [9.17, 15) is 4.79 Å². The molecule has 5 fully saturated rings. The monoisotopic (exact) mass is 1680 g/mol. The molecule has 5 aliphatic rings. The van der Waals surface area contributed by atoms with Crippen molar-refractivity contribution in [2.45, 2.75) is 88.9 Å². The normalized spacial score (nSPS) is 16.7. The zero-order valence-electron chi connectivity index (χ0n) is 70.5. The van der Waals surface area contributed by atoms with Crippen LogP contribution in [0.1, 0.15) is 82.3 Å². The van der Waals surface area contributed by atoms with E-state index in [1.807, 2.05) is 78.9 Å². The van der Waals surface area contributed by atoms with Crippen molar-refractivity contribution in [1.29, 1.82) is 0 Å². The minimum absolute atomic E-state index is 0.0867. The predicted octanol–water partition coefficient (Wildman–Crippen LogP) is 20.8. The maximum absolute atomic E-state index is 11.5. The Bertz CT molecular complexity index is 7620. The Morgan fingerprint density at radius 1 is 0.312 bits per heavy atom. The van der Waals surface area contributed by atoms with E-state index in [1.165, 1.54) is 77.3 Å². The predicted molar refractivity (Wildman–Crippen MR) is 512 cm³/mol. The van der Waals surface area contributed by atoms with Gasteiger partial charge in [-0.3, -0.25) is 4.79 Å². The van der Waals surface area contributed by atoms with Crippen molar-refractivity contribution in [3.8, 4) is 89.5 Å². The molecule has 8 aromatic carbocycles. The number of hydrogen-bond donors (Lipinski definition) is 5. The number of anilines is 4. The van der Waals surface area contributed by atoms with Gasteiger partial charge in [-0.05, 0) is 160 Å². The number of aromatic nitrogens is 16. The number of likely N-dealkylation sites (tertiary alicyclic amines) is 1. The molecule has 1 saturated heterocycles. The maximum Gasteiger partial charge on any atom is 0.220 e. The van der Waals surface area contributed by atoms with Crippen LogP contribution in [-0.2, 0) is 11.3 Å². The number of amides is 1. The number of nitrogen functional groups attached to an aromatic ring is 4. The number of rotatable bonds is 16. The van der Waals surface area contributed by atoms with Gasteiger partial charge in [-0.2, -0.15) is 0 Å². The second kappa shape index (κ2) is 33.2. The largest absolute Gasteiger partial charge is 0.383 e. The van der Waals surface area contributed by atoms with Gasteiger partial charge in [-0.15, -0.1) is 0 Å². The fourth-order valence-corrected chi connectivity index (χ4v) is 18.8. The lowest BCUT2D eigenvalue weighted by Gasteiger charge is -2.42. The van der Waals surface area contributed by atoms with Gasteiger partial charge in [0.25, 0.3) is 0 Å². The fourth-order valence-electron chi connectivity index (χ4n) is 18.8. The molecule has 4 saturated carbocycles. The molecule has 0 bridgehead atoms. The zero-order valence-corrected chi connectivity index (χ0v) is 70.5. The molecule has 13 heterocycles. The van der Waals surface area contributed by atoms with Gasteiger partial charge >= 0.3 is 0 Å². The number of hydrogen-bond acceptors (Lipinski definition) is 18. The summed E-state index contributed by atoms with van der Waals surface area (Å²) < 4.78 is 8.97. The van der Waals surface area contributed by atoms with Gasteiger partial charge in [0, 0.05) is 128 Å². The lowest BCUT2D eigenvalue weighted by atomic mass is 9.79. The Morgan fingerprint density at radius 2 is 0.633 bits per heavy atom. The summed E-state index contributed by atoms with van der Waals surface area (Å²) in [7, 11) is 0. The topological polar surface area (TPSA) is 325 Å². The molecule has 1 amide bonds. The number of primary amides is 1. The summed E-state index contributed by atoms with van der Waals surface area (Å²) in [6, 6.07) is 84.4. The van der Waals surface area contributed by atoms with Crippen molar-refractivity contribution in [1.82, 2.24) is 83.0 Å². The van der Waals surface area contributed by atoms with Gasteiger partial charge in [0.15, 0.2) is 0 Å². The molecule has 4 aliphatic carbocycles. The van der Waals surface area contributed by atoms with Gasteiger partial charge < -0.3 is 51.8 Å². The third-order valence-corrected chi connectivity index (χ3v) is 26.5. The Labute approximate surface area is 737 Å². The molecule has 20 aromatic rings. The van der Waals surface area contributed by atoms with Crippen molar-refractivity contribution in [2.24, 2.45) is 23.5 Å². The minimum atomic E-state index is -0.244. The minimum Gasteiger partial charge on any atom is -0.383 e. The van der Waals surface area contributed by atoms with Gasteiger partial charge in [-0.25, -0.2) is 59.8 Å². The molecule has 10 N–H and O–H groups in total. The summed E-state index contributed by atoms with van der Waals surface area (Å²) in [4.78, 5) is 69.2. The molecule has 12 aromatic heterocycles. The highest BCUT2D eigenvalue weighted by molar-refractivity contribution is 6.06. The first-order valence-corrected chi connectivity index (χ1v) is 44.2. The molecule has 23 nitrogen and oxygen atoms in total. The number of benzene rings is 8. The fraction of sp³-hybridized carbons (Fsp3) is 0.190. The van der Waals surface area contributed by atoms with E-state index < -0.39 is 0 Å².